The quantitative estimate of drug-likeness (QED) is 0.380. The van der Waals surface area contributed by atoms with Gasteiger partial charge in [-0.15, -0.1) is 0 Å². The molecule has 9 heteroatoms. The fourth-order valence-corrected chi connectivity index (χ4v) is 6.40. The Morgan fingerprint density at radius 3 is 2.50 bits per heavy atom. The van der Waals surface area contributed by atoms with Crippen molar-refractivity contribution in [2.24, 2.45) is 0 Å². The van der Waals surface area contributed by atoms with Crippen LogP contribution in [-0.4, -0.2) is 38.4 Å². The molecule has 2 fully saturated rings. The van der Waals surface area contributed by atoms with Gasteiger partial charge < -0.3 is 9.47 Å². The molecule has 1 aliphatic heterocycles. The van der Waals surface area contributed by atoms with E-state index < -0.39 is 5.79 Å². The van der Waals surface area contributed by atoms with E-state index in [2.05, 4.69) is 34.9 Å². The Morgan fingerprint density at radius 2 is 1.75 bits per heavy atom. The number of fused-ring (bicyclic) bond motifs is 1. The summed E-state index contributed by atoms with van der Waals surface area (Å²) in [5, 5.41) is 28.5. The van der Waals surface area contributed by atoms with Crippen molar-refractivity contribution in [3.8, 4) is 23.3 Å². The van der Waals surface area contributed by atoms with Crippen LogP contribution in [0.25, 0.3) is 16.6 Å². The standard InChI is InChI=1S/C27H24N6O2S/c1-18-23(16-31-33(18)22-6-8-27(9-7-22)34-10-11-35-27)20-12-25(26-21(14-29)15-30-32(26)17-20)36-24-5-3-2-4-19(24)13-28/h2-5,12,15-17,22H,6-11H2,1H3. The Morgan fingerprint density at radius 1 is 1.00 bits per heavy atom. The van der Waals surface area contributed by atoms with E-state index in [0.717, 1.165) is 57.8 Å². The van der Waals surface area contributed by atoms with Crippen LogP contribution in [0.4, 0.5) is 0 Å². The minimum atomic E-state index is -0.393. The van der Waals surface area contributed by atoms with Crippen LogP contribution in [0.15, 0.2) is 58.7 Å². The first-order valence-corrected chi connectivity index (χ1v) is 12.8. The molecule has 1 saturated heterocycles. The first-order chi connectivity index (χ1) is 17.6. The molecule has 1 aliphatic carbocycles. The first kappa shape index (κ1) is 22.8. The largest absolute Gasteiger partial charge is 0.348 e. The third kappa shape index (κ3) is 3.86. The van der Waals surface area contributed by atoms with Crippen LogP contribution in [0, 0.1) is 29.6 Å². The number of nitriles is 2. The van der Waals surface area contributed by atoms with E-state index in [1.807, 2.05) is 30.6 Å². The summed E-state index contributed by atoms with van der Waals surface area (Å²) < 4.78 is 15.7. The molecule has 1 saturated carbocycles. The predicted molar refractivity (Wildman–Crippen MR) is 133 cm³/mol. The summed E-state index contributed by atoms with van der Waals surface area (Å²) in [6.45, 7) is 3.46. The third-order valence-electron chi connectivity index (χ3n) is 7.16. The molecule has 0 unspecified atom stereocenters. The molecule has 180 valence electrons. The molecule has 0 N–H and O–H groups in total. The van der Waals surface area contributed by atoms with Gasteiger partial charge in [0.05, 0.1) is 48.3 Å². The molecule has 4 aromatic rings. The molecule has 0 bridgehead atoms. The van der Waals surface area contributed by atoms with E-state index in [1.165, 1.54) is 11.8 Å². The highest BCUT2D eigenvalue weighted by molar-refractivity contribution is 7.99. The Balaban J connectivity index is 1.37. The maximum atomic E-state index is 9.67. The topological polar surface area (TPSA) is 101 Å². The molecular weight excluding hydrogens is 472 g/mol. The van der Waals surface area contributed by atoms with Gasteiger partial charge in [0.2, 0.25) is 0 Å². The molecule has 0 atom stereocenters. The zero-order chi connectivity index (χ0) is 24.7. The van der Waals surface area contributed by atoms with E-state index in [4.69, 9.17) is 14.6 Å². The van der Waals surface area contributed by atoms with Crippen LogP contribution in [0.1, 0.15) is 48.5 Å². The SMILES string of the molecule is Cc1c(-c2cc(Sc3ccccc3C#N)c3c(C#N)cnn3c2)cnn1C1CCC2(CC1)OCCO2. The maximum absolute atomic E-state index is 9.67. The van der Waals surface area contributed by atoms with Crippen molar-refractivity contribution in [2.75, 3.05) is 13.2 Å². The molecule has 0 amide bonds. The molecular formula is C27H24N6O2S. The zero-order valence-electron chi connectivity index (χ0n) is 19.8. The van der Waals surface area contributed by atoms with E-state index in [1.54, 1.807) is 16.8 Å². The van der Waals surface area contributed by atoms with Crippen molar-refractivity contribution in [1.29, 1.82) is 10.5 Å². The summed E-state index contributed by atoms with van der Waals surface area (Å²) in [7, 11) is 0. The van der Waals surface area contributed by atoms with E-state index in [-0.39, 0.29) is 0 Å². The molecule has 0 radical (unpaired) electrons. The number of hydrogen-bond acceptors (Lipinski definition) is 7. The number of ether oxygens (including phenoxy) is 2. The van der Waals surface area contributed by atoms with Crippen LogP contribution >= 0.6 is 11.8 Å². The molecule has 3 aromatic heterocycles. The number of rotatable bonds is 4. The Hall–Kier alpha value is -3.63. The smallest absolute Gasteiger partial charge is 0.168 e. The van der Waals surface area contributed by atoms with E-state index in [9.17, 15) is 10.5 Å². The molecule has 4 heterocycles. The van der Waals surface area contributed by atoms with Crippen molar-refractivity contribution in [3.05, 3.63) is 65.7 Å². The van der Waals surface area contributed by atoms with E-state index in [0.29, 0.717) is 30.4 Å². The van der Waals surface area contributed by atoms with Crippen LogP contribution < -0.4 is 0 Å². The predicted octanol–water partition coefficient (Wildman–Crippen LogP) is 5.26. The van der Waals surface area contributed by atoms with Gasteiger partial charge in [0.15, 0.2) is 5.79 Å². The van der Waals surface area contributed by atoms with Gasteiger partial charge in [-0.25, -0.2) is 4.52 Å². The Labute approximate surface area is 213 Å². The van der Waals surface area contributed by atoms with Crippen molar-refractivity contribution < 1.29 is 9.47 Å². The average Bonchev–Trinajstić information content (AvgIpc) is 3.64. The van der Waals surface area contributed by atoms with E-state index >= 15 is 0 Å². The monoisotopic (exact) mass is 496 g/mol. The Kier molecular flexibility index (Phi) is 5.77. The van der Waals surface area contributed by atoms with Crippen LogP contribution in [-0.2, 0) is 9.47 Å². The molecule has 6 rings (SSSR count). The van der Waals surface area contributed by atoms with Gasteiger partial charge in [0.25, 0.3) is 0 Å². The number of nitrogens with zero attached hydrogens (tertiary/aromatic N) is 6. The van der Waals surface area contributed by atoms with Crippen LogP contribution in [0.2, 0.25) is 0 Å². The van der Waals surface area contributed by atoms with Crippen molar-refractivity contribution >= 4 is 17.3 Å². The summed E-state index contributed by atoms with van der Waals surface area (Å²) in [6, 6.07) is 14.4. The lowest BCUT2D eigenvalue weighted by Crippen LogP contribution is -2.36. The van der Waals surface area contributed by atoms with Crippen LogP contribution in [0.3, 0.4) is 0 Å². The molecule has 1 aromatic carbocycles. The second-order valence-corrected chi connectivity index (χ2v) is 10.3. The first-order valence-electron chi connectivity index (χ1n) is 12.0. The van der Waals surface area contributed by atoms with Crippen molar-refractivity contribution in [2.45, 2.75) is 54.2 Å². The minimum absolute atomic E-state index is 0.298. The highest BCUT2D eigenvalue weighted by atomic mass is 32.2. The number of aromatic nitrogens is 4. The second kappa shape index (κ2) is 9.11. The van der Waals surface area contributed by atoms with Crippen LogP contribution in [0.5, 0.6) is 0 Å². The van der Waals surface area contributed by atoms with Gasteiger partial charge in [0, 0.05) is 45.7 Å². The van der Waals surface area contributed by atoms with Gasteiger partial charge in [-0.2, -0.15) is 20.7 Å². The third-order valence-corrected chi connectivity index (χ3v) is 8.26. The normalized spacial score (nSPS) is 17.4. The molecule has 2 aliphatic rings. The van der Waals surface area contributed by atoms with Gasteiger partial charge >= 0.3 is 0 Å². The lowest BCUT2D eigenvalue weighted by Gasteiger charge is -2.35. The minimum Gasteiger partial charge on any atom is -0.348 e. The highest BCUT2D eigenvalue weighted by Crippen LogP contribution is 2.42. The van der Waals surface area contributed by atoms with Gasteiger partial charge in [-0.05, 0) is 38.0 Å². The fourth-order valence-electron chi connectivity index (χ4n) is 5.31. The Bertz CT molecular complexity index is 1530. The lowest BCUT2D eigenvalue weighted by molar-refractivity contribution is -0.181. The van der Waals surface area contributed by atoms with Gasteiger partial charge in [0.1, 0.15) is 12.1 Å². The summed E-state index contributed by atoms with van der Waals surface area (Å²) >= 11 is 1.47. The summed E-state index contributed by atoms with van der Waals surface area (Å²) in [4.78, 5) is 1.70. The highest BCUT2D eigenvalue weighted by Gasteiger charge is 2.41. The maximum Gasteiger partial charge on any atom is 0.168 e. The summed E-state index contributed by atoms with van der Waals surface area (Å²) in [5.41, 5.74) is 4.90. The molecule has 36 heavy (non-hydrogen) atoms. The van der Waals surface area contributed by atoms with Gasteiger partial charge in [-0.3, -0.25) is 4.68 Å². The zero-order valence-corrected chi connectivity index (χ0v) is 20.7. The second-order valence-electron chi connectivity index (χ2n) is 9.19. The number of benzene rings is 1. The summed E-state index contributed by atoms with van der Waals surface area (Å²) in [6.07, 6.45) is 9.11. The van der Waals surface area contributed by atoms with Crippen molar-refractivity contribution in [3.63, 3.8) is 0 Å². The number of hydrogen-bond donors (Lipinski definition) is 0. The lowest BCUT2D eigenvalue weighted by atomic mass is 9.90. The average molecular weight is 497 g/mol. The van der Waals surface area contributed by atoms with Crippen molar-refractivity contribution in [1.82, 2.24) is 19.4 Å². The summed E-state index contributed by atoms with van der Waals surface area (Å²) in [5.74, 6) is -0.393. The van der Waals surface area contributed by atoms with Gasteiger partial charge in [-0.1, -0.05) is 23.9 Å². The molecule has 1 spiro atoms. The fraction of sp³-hybridized carbons (Fsp3) is 0.333. The number of pyridine rings is 1. The molecule has 8 nitrogen and oxygen atoms in total.